The molecule has 10 heteroatoms. The fraction of sp³-hybridized carbons (Fsp3) is 0.615. The zero-order valence-corrected chi connectivity index (χ0v) is 15.0. The van der Waals surface area contributed by atoms with E-state index in [1.54, 1.807) is 4.90 Å². The van der Waals surface area contributed by atoms with E-state index in [0.717, 1.165) is 12.3 Å². The molecule has 0 unspecified atom stereocenters. The molecule has 1 aromatic rings. The number of pyridine rings is 1. The molecule has 0 amide bonds. The van der Waals surface area contributed by atoms with Gasteiger partial charge >= 0.3 is 6.18 Å². The second-order valence-corrected chi connectivity index (χ2v) is 8.48. The lowest BCUT2D eigenvalue weighted by atomic mass is 10.0. The third kappa shape index (κ3) is 4.36. The molecule has 0 aromatic carbocycles. The first-order valence-electron chi connectivity index (χ1n) is 6.91. The lowest BCUT2D eigenvalue weighted by molar-refractivity contribution is -0.137. The first-order valence-corrected chi connectivity index (χ1v) is 9.55. The van der Waals surface area contributed by atoms with E-state index in [2.05, 4.69) is 20.9 Å². The van der Waals surface area contributed by atoms with Gasteiger partial charge in [0.05, 0.1) is 11.8 Å². The molecule has 1 saturated heterocycles. The van der Waals surface area contributed by atoms with Gasteiger partial charge in [-0.25, -0.2) is 17.7 Å². The number of sulfonamides is 1. The number of aromatic nitrogens is 1. The summed E-state index contributed by atoms with van der Waals surface area (Å²) in [5, 5.41) is 0. The van der Waals surface area contributed by atoms with Crippen molar-refractivity contribution in [2.45, 2.75) is 25.1 Å². The molecule has 1 aliphatic rings. The minimum absolute atomic E-state index is 0.110. The lowest BCUT2D eigenvalue weighted by Crippen LogP contribution is -2.45. The predicted molar refractivity (Wildman–Crippen MR) is 84.8 cm³/mol. The van der Waals surface area contributed by atoms with Crippen LogP contribution in [0, 0.1) is 0 Å². The number of piperidine rings is 1. The monoisotopic (exact) mass is 415 g/mol. The normalized spacial score (nSPS) is 17.8. The second-order valence-electron chi connectivity index (χ2n) is 5.52. The average Bonchev–Trinajstić information content (AvgIpc) is 2.45. The average molecular weight is 416 g/mol. The molecular formula is C13H17BrF3N3O2S. The first kappa shape index (κ1) is 18.5. The number of alkyl halides is 3. The van der Waals surface area contributed by atoms with Crippen LogP contribution in [-0.2, 0) is 16.2 Å². The Morgan fingerprint density at radius 3 is 2.39 bits per heavy atom. The van der Waals surface area contributed by atoms with Crippen molar-refractivity contribution in [3.63, 3.8) is 0 Å². The molecule has 1 aromatic heterocycles. The van der Waals surface area contributed by atoms with Crippen LogP contribution in [0.2, 0.25) is 0 Å². The van der Waals surface area contributed by atoms with Crippen LogP contribution in [0.25, 0.3) is 0 Å². The van der Waals surface area contributed by atoms with Gasteiger partial charge in [-0.05, 0) is 34.8 Å². The maximum absolute atomic E-state index is 13.2. The summed E-state index contributed by atoms with van der Waals surface area (Å²) in [6, 6.07) is 0.808. The van der Waals surface area contributed by atoms with Gasteiger partial charge in [0.15, 0.2) is 0 Å². The Bertz CT molecular complexity index is 674. The van der Waals surface area contributed by atoms with E-state index in [-0.39, 0.29) is 16.3 Å². The zero-order valence-electron chi connectivity index (χ0n) is 12.6. The second kappa shape index (κ2) is 6.56. The highest BCUT2D eigenvalue weighted by atomic mass is 79.9. The van der Waals surface area contributed by atoms with Crippen molar-refractivity contribution in [1.82, 2.24) is 9.29 Å². The summed E-state index contributed by atoms with van der Waals surface area (Å²) in [7, 11) is -1.81. The number of rotatable bonds is 3. The van der Waals surface area contributed by atoms with Crippen LogP contribution in [0.5, 0.6) is 0 Å². The van der Waals surface area contributed by atoms with E-state index in [1.165, 1.54) is 17.5 Å². The third-order valence-corrected chi connectivity index (χ3v) is 5.72. The number of halogens is 4. The van der Waals surface area contributed by atoms with Gasteiger partial charge in [-0.3, -0.25) is 0 Å². The van der Waals surface area contributed by atoms with Gasteiger partial charge in [0.25, 0.3) is 0 Å². The maximum atomic E-state index is 13.2. The molecule has 0 N–H and O–H groups in total. The van der Waals surface area contributed by atoms with Crippen molar-refractivity contribution < 1.29 is 21.6 Å². The van der Waals surface area contributed by atoms with Crippen LogP contribution in [0.1, 0.15) is 18.4 Å². The van der Waals surface area contributed by atoms with E-state index in [9.17, 15) is 21.6 Å². The standard InChI is InChI=1S/C13H17BrF3N3O2S/c1-19(23(2,21)22)10-3-5-20(6-4-10)12-11(13(15,16)17)7-9(14)8-18-12/h7-8,10H,3-6H2,1-2H3. The quantitative estimate of drug-likeness (QED) is 0.761. The van der Waals surface area contributed by atoms with E-state index in [0.29, 0.717) is 25.9 Å². The molecule has 0 saturated carbocycles. The number of hydrogen-bond donors (Lipinski definition) is 0. The molecule has 0 radical (unpaired) electrons. The summed E-state index contributed by atoms with van der Waals surface area (Å²) in [5.74, 6) is -0.110. The Kier molecular flexibility index (Phi) is 5.27. The van der Waals surface area contributed by atoms with Crippen LogP contribution in [-0.4, -0.2) is 50.1 Å². The molecule has 2 rings (SSSR count). The number of anilines is 1. The summed E-state index contributed by atoms with van der Waals surface area (Å²) in [6.45, 7) is 0.643. The van der Waals surface area contributed by atoms with Crippen LogP contribution in [0.4, 0.5) is 19.0 Å². The molecule has 1 aliphatic heterocycles. The third-order valence-electron chi connectivity index (χ3n) is 3.94. The first-order chi connectivity index (χ1) is 10.5. The van der Waals surface area contributed by atoms with E-state index in [1.807, 2.05) is 0 Å². The smallest absolute Gasteiger partial charge is 0.356 e. The molecule has 0 atom stereocenters. The molecule has 0 bridgehead atoms. The molecular weight excluding hydrogens is 399 g/mol. The predicted octanol–water partition coefficient (Wildman–Crippen LogP) is 2.72. The minimum atomic E-state index is -4.49. The Morgan fingerprint density at radius 2 is 1.91 bits per heavy atom. The largest absolute Gasteiger partial charge is 0.419 e. The van der Waals surface area contributed by atoms with Gasteiger partial charge < -0.3 is 4.90 Å². The zero-order chi connectivity index (χ0) is 17.4. The molecule has 1 fully saturated rings. The van der Waals surface area contributed by atoms with Gasteiger partial charge in [0.2, 0.25) is 10.0 Å². The van der Waals surface area contributed by atoms with Crippen molar-refractivity contribution in [2.75, 3.05) is 31.3 Å². The Balaban J connectivity index is 2.18. The van der Waals surface area contributed by atoms with Crippen molar-refractivity contribution in [2.24, 2.45) is 0 Å². The molecule has 23 heavy (non-hydrogen) atoms. The van der Waals surface area contributed by atoms with Crippen LogP contribution in [0.3, 0.4) is 0 Å². The van der Waals surface area contributed by atoms with E-state index in [4.69, 9.17) is 0 Å². The van der Waals surface area contributed by atoms with Gasteiger partial charge in [-0.2, -0.15) is 13.2 Å². The Hall–Kier alpha value is -0.870. The topological polar surface area (TPSA) is 53.5 Å². The molecule has 0 spiro atoms. The van der Waals surface area contributed by atoms with Crippen LogP contribution in [0.15, 0.2) is 16.7 Å². The Morgan fingerprint density at radius 1 is 1.35 bits per heavy atom. The van der Waals surface area contributed by atoms with Crippen LogP contribution >= 0.6 is 15.9 Å². The SMILES string of the molecule is CN(C1CCN(c2ncc(Br)cc2C(F)(F)F)CC1)S(C)(=O)=O. The van der Waals surface area contributed by atoms with Gasteiger partial charge in [0.1, 0.15) is 5.82 Å². The summed E-state index contributed by atoms with van der Waals surface area (Å²) >= 11 is 3.01. The summed E-state index contributed by atoms with van der Waals surface area (Å²) in [5.41, 5.74) is -0.790. The summed E-state index contributed by atoms with van der Waals surface area (Å²) < 4.78 is 64.2. The van der Waals surface area contributed by atoms with Crippen molar-refractivity contribution in [1.29, 1.82) is 0 Å². The summed E-state index contributed by atoms with van der Waals surface area (Å²) in [4.78, 5) is 5.47. The summed E-state index contributed by atoms with van der Waals surface area (Å²) in [6.07, 6.45) is -1.12. The Labute approximate surface area is 141 Å². The molecule has 2 heterocycles. The fourth-order valence-corrected chi connectivity index (χ4v) is 3.69. The van der Waals surface area contributed by atoms with Crippen LogP contribution < -0.4 is 4.90 Å². The molecule has 5 nitrogen and oxygen atoms in total. The van der Waals surface area contributed by atoms with Gasteiger partial charge in [0, 0.05) is 36.8 Å². The highest BCUT2D eigenvalue weighted by Crippen LogP contribution is 2.37. The van der Waals surface area contributed by atoms with Gasteiger partial charge in [-0.1, -0.05) is 0 Å². The highest BCUT2D eigenvalue weighted by molar-refractivity contribution is 9.10. The van der Waals surface area contributed by atoms with Crippen molar-refractivity contribution in [3.05, 3.63) is 22.3 Å². The van der Waals surface area contributed by atoms with E-state index < -0.39 is 21.8 Å². The lowest BCUT2D eigenvalue weighted by Gasteiger charge is -2.37. The highest BCUT2D eigenvalue weighted by Gasteiger charge is 2.37. The number of hydrogen-bond acceptors (Lipinski definition) is 4. The number of nitrogens with zero attached hydrogens (tertiary/aromatic N) is 3. The molecule has 130 valence electrons. The van der Waals surface area contributed by atoms with Gasteiger partial charge in [-0.15, -0.1) is 0 Å². The van der Waals surface area contributed by atoms with Crippen molar-refractivity contribution >= 4 is 31.8 Å². The fourth-order valence-electron chi connectivity index (χ4n) is 2.60. The minimum Gasteiger partial charge on any atom is -0.356 e. The van der Waals surface area contributed by atoms with Crippen molar-refractivity contribution in [3.8, 4) is 0 Å². The van der Waals surface area contributed by atoms with E-state index >= 15 is 0 Å². The maximum Gasteiger partial charge on any atom is 0.419 e. The molecule has 0 aliphatic carbocycles.